The zero-order valence-electron chi connectivity index (χ0n) is 17.1. The van der Waals surface area contributed by atoms with Gasteiger partial charge >= 0.3 is 0 Å². The molecule has 7 heteroatoms. The number of aryl methyl sites for hydroxylation is 2. The molecule has 3 heterocycles. The zero-order chi connectivity index (χ0) is 20.7. The van der Waals surface area contributed by atoms with Gasteiger partial charge in [-0.15, -0.1) is 0 Å². The van der Waals surface area contributed by atoms with Gasteiger partial charge in [0.25, 0.3) is 0 Å². The molecule has 4 aromatic rings. The van der Waals surface area contributed by atoms with Gasteiger partial charge in [-0.25, -0.2) is 14.6 Å². The number of nitrogens with zero attached hydrogens (tertiary/aromatic N) is 6. The van der Waals surface area contributed by atoms with Crippen LogP contribution in [0.2, 0.25) is 5.02 Å². The highest BCUT2D eigenvalue weighted by molar-refractivity contribution is 6.30. The van der Waals surface area contributed by atoms with Crippen LogP contribution in [0.15, 0.2) is 55.0 Å². The highest BCUT2D eigenvalue weighted by atomic mass is 35.5. The molecule has 0 aliphatic carbocycles. The van der Waals surface area contributed by atoms with Gasteiger partial charge in [-0.3, -0.25) is 0 Å². The number of rotatable bonds is 3. The Kier molecular flexibility index (Phi) is 4.79. The third-order valence-corrected chi connectivity index (χ3v) is 6.07. The Morgan fingerprint density at radius 1 is 0.833 bits per heavy atom. The van der Waals surface area contributed by atoms with E-state index >= 15 is 0 Å². The van der Waals surface area contributed by atoms with E-state index in [2.05, 4.69) is 63.0 Å². The van der Waals surface area contributed by atoms with Crippen molar-refractivity contribution in [2.45, 2.75) is 13.8 Å². The van der Waals surface area contributed by atoms with Gasteiger partial charge in [-0.05, 0) is 55.3 Å². The van der Waals surface area contributed by atoms with Crippen LogP contribution in [0.5, 0.6) is 0 Å². The van der Waals surface area contributed by atoms with E-state index in [0.29, 0.717) is 0 Å². The molecule has 5 rings (SSSR count). The summed E-state index contributed by atoms with van der Waals surface area (Å²) in [4.78, 5) is 13.8. The fourth-order valence-corrected chi connectivity index (χ4v) is 4.16. The van der Waals surface area contributed by atoms with Crippen LogP contribution >= 0.6 is 11.6 Å². The summed E-state index contributed by atoms with van der Waals surface area (Å²) in [6.45, 7) is 7.82. The van der Waals surface area contributed by atoms with Crippen molar-refractivity contribution >= 4 is 34.1 Å². The molecule has 0 bridgehead atoms. The van der Waals surface area contributed by atoms with Crippen molar-refractivity contribution in [2.75, 3.05) is 36.0 Å². The molecule has 0 spiro atoms. The summed E-state index contributed by atoms with van der Waals surface area (Å²) in [6.07, 6.45) is 3.52. The van der Waals surface area contributed by atoms with Crippen molar-refractivity contribution in [3.8, 4) is 5.69 Å². The van der Waals surface area contributed by atoms with Crippen LogP contribution in [0.25, 0.3) is 16.7 Å². The van der Waals surface area contributed by atoms with Crippen molar-refractivity contribution in [2.24, 2.45) is 0 Å². The third-order valence-electron chi connectivity index (χ3n) is 5.83. The number of benzene rings is 2. The number of anilines is 2. The number of hydrogen-bond donors (Lipinski definition) is 0. The summed E-state index contributed by atoms with van der Waals surface area (Å²) in [5.41, 5.74) is 5.52. The standard InChI is InChI=1S/C23H23ClN6/c1-16-6-7-20(12-17(16)2)30-23-21(14-27-30)22(25-15-26-23)29-10-8-28(9-11-29)19-5-3-4-18(24)13-19/h3-7,12-15H,8-11H2,1-2H3. The molecule has 1 fully saturated rings. The van der Waals surface area contributed by atoms with Crippen molar-refractivity contribution in [3.05, 3.63) is 71.1 Å². The average molecular weight is 419 g/mol. The molecule has 0 radical (unpaired) electrons. The molecule has 2 aromatic carbocycles. The van der Waals surface area contributed by atoms with E-state index in [4.69, 9.17) is 11.6 Å². The first-order valence-corrected chi connectivity index (χ1v) is 10.5. The van der Waals surface area contributed by atoms with Crippen molar-refractivity contribution < 1.29 is 0 Å². The van der Waals surface area contributed by atoms with Crippen LogP contribution in [0.4, 0.5) is 11.5 Å². The highest BCUT2D eigenvalue weighted by Gasteiger charge is 2.22. The molecule has 152 valence electrons. The van der Waals surface area contributed by atoms with E-state index in [1.165, 1.54) is 11.1 Å². The molecule has 0 amide bonds. The lowest BCUT2D eigenvalue weighted by molar-refractivity contribution is 0.649. The second kappa shape index (κ2) is 7.61. The van der Waals surface area contributed by atoms with E-state index in [1.54, 1.807) is 6.33 Å². The van der Waals surface area contributed by atoms with E-state index in [9.17, 15) is 0 Å². The van der Waals surface area contributed by atoms with Crippen molar-refractivity contribution in [3.63, 3.8) is 0 Å². The summed E-state index contributed by atoms with van der Waals surface area (Å²) in [5, 5.41) is 6.37. The molecular weight excluding hydrogens is 396 g/mol. The molecule has 1 aliphatic rings. The number of fused-ring (bicyclic) bond motifs is 1. The minimum atomic E-state index is 0.770. The van der Waals surface area contributed by atoms with Gasteiger partial charge in [0.05, 0.1) is 17.3 Å². The van der Waals surface area contributed by atoms with Crippen LogP contribution in [0.1, 0.15) is 11.1 Å². The lowest BCUT2D eigenvalue weighted by Gasteiger charge is -2.36. The van der Waals surface area contributed by atoms with Gasteiger partial charge in [0.2, 0.25) is 0 Å². The zero-order valence-corrected chi connectivity index (χ0v) is 17.8. The van der Waals surface area contributed by atoms with Crippen LogP contribution in [0.3, 0.4) is 0 Å². The maximum absolute atomic E-state index is 6.16. The van der Waals surface area contributed by atoms with E-state index in [0.717, 1.165) is 59.4 Å². The van der Waals surface area contributed by atoms with Crippen LogP contribution in [0, 0.1) is 13.8 Å². The summed E-state index contributed by atoms with van der Waals surface area (Å²) < 4.78 is 1.90. The Hall–Kier alpha value is -3.12. The monoisotopic (exact) mass is 418 g/mol. The molecule has 30 heavy (non-hydrogen) atoms. The predicted octanol–water partition coefficient (Wildman–Crippen LogP) is 4.41. The smallest absolute Gasteiger partial charge is 0.168 e. The minimum absolute atomic E-state index is 0.770. The third kappa shape index (κ3) is 3.37. The molecular formula is C23H23ClN6. The van der Waals surface area contributed by atoms with Gasteiger partial charge in [0, 0.05) is 36.9 Å². The summed E-state index contributed by atoms with van der Waals surface area (Å²) in [7, 11) is 0. The van der Waals surface area contributed by atoms with Crippen LogP contribution in [-0.2, 0) is 0 Å². The summed E-state index contributed by atoms with van der Waals surface area (Å²) in [5.74, 6) is 0.945. The largest absolute Gasteiger partial charge is 0.368 e. The molecule has 1 aliphatic heterocycles. The SMILES string of the molecule is Cc1ccc(-n2ncc3c(N4CCN(c5cccc(Cl)c5)CC4)ncnc32)cc1C. The van der Waals surface area contributed by atoms with Crippen molar-refractivity contribution in [1.82, 2.24) is 19.7 Å². The molecule has 1 saturated heterocycles. The van der Waals surface area contributed by atoms with E-state index in [-0.39, 0.29) is 0 Å². The molecule has 0 saturated carbocycles. The summed E-state index contributed by atoms with van der Waals surface area (Å²) >= 11 is 6.16. The summed E-state index contributed by atoms with van der Waals surface area (Å²) in [6, 6.07) is 14.4. The Bertz CT molecular complexity index is 1210. The van der Waals surface area contributed by atoms with Gasteiger partial charge < -0.3 is 9.80 Å². The Morgan fingerprint density at radius 2 is 1.63 bits per heavy atom. The van der Waals surface area contributed by atoms with Gasteiger partial charge in [0.15, 0.2) is 5.65 Å². The minimum Gasteiger partial charge on any atom is -0.368 e. The second-order valence-corrected chi connectivity index (χ2v) is 8.15. The number of aromatic nitrogens is 4. The fraction of sp³-hybridized carbons (Fsp3) is 0.261. The van der Waals surface area contributed by atoms with E-state index < -0.39 is 0 Å². The number of piperazine rings is 1. The second-order valence-electron chi connectivity index (χ2n) is 7.71. The van der Waals surface area contributed by atoms with Gasteiger partial charge in [0.1, 0.15) is 12.1 Å². The average Bonchev–Trinajstić information content (AvgIpc) is 3.20. The maximum atomic E-state index is 6.16. The number of hydrogen-bond acceptors (Lipinski definition) is 5. The Morgan fingerprint density at radius 3 is 2.40 bits per heavy atom. The van der Waals surface area contributed by atoms with Gasteiger partial charge in [-0.1, -0.05) is 23.7 Å². The fourth-order valence-electron chi connectivity index (χ4n) is 3.98. The van der Waals surface area contributed by atoms with E-state index in [1.807, 2.05) is 29.1 Å². The first-order valence-electron chi connectivity index (χ1n) is 10.1. The molecule has 6 nitrogen and oxygen atoms in total. The highest BCUT2D eigenvalue weighted by Crippen LogP contribution is 2.27. The van der Waals surface area contributed by atoms with Crippen molar-refractivity contribution in [1.29, 1.82) is 0 Å². The lowest BCUT2D eigenvalue weighted by atomic mass is 10.1. The first-order chi connectivity index (χ1) is 14.6. The van der Waals surface area contributed by atoms with Crippen LogP contribution < -0.4 is 9.80 Å². The predicted molar refractivity (Wildman–Crippen MR) is 122 cm³/mol. The maximum Gasteiger partial charge on any atom is 0.168 e. The van der Waals surface area contributed by atoms with Crippen LogP contribution in [-0.4, -0.2) is 45.9 Å². The molecule has 0 N–H and O–H groups in total. The molecule has 0 unspecified atom stereocenters. The molecule has 0 atom stereocenters. The number of halogens is 1. The topological polar surface area (TPSA) is 50.1 Å². The Balaban J connectivity index is 1.42. The Labute approximate surface area is 180 Å². The normalized spacial score (nSPS) is 14.5. The quantitative estimate of drug-likeness (QED) is 0.493. The molecule has 2 aromatic heterocycles. The van der Waals surface area contributed by atoms with Gasteiger partial charge in [-0.2, -0.15) is 5.10 Å². The lowest BCUT2D eigenvalue weighted by Crippen LogP contribution is -2.46. The first kappa shape index (κ1) is 18.9.